The lowest BCUT2D eigenvalue weighted by Crippen LogP contribution is -2.05. The smallest absolute Gasteiger partial charge is 0.164 e. The van der Waals surface area contributed by atoms with Crippen LogP contribution in [0.25, 0.3) is 89.1 Å². The summed E-state index contributed by atoms with van der Waals surface area (Å²) < 4.78 is 6.59. The average Bonchev–Trinajstić information content (AvgIpc) is 3.72. The largest absolute Gasteiger partial charge is 0.456 e. The molecule has 288 valence electrons. The van der Waals surface area contributed by atoms with E-state index in [9.17, 15) is 0 Å². The van der Waals surface area contributed by atoms with Crippen LogP contribution < -0.4 is 0 Å². The first-order chi connectivity index (χ1) is 30.2. The molecule has 0 aliphatic carbocycles. The highest BCUT2D eigenvalue weighted by molar-refractivity contribution is 6.12. The molecule has 9 aromatic carbocycles. The van der Waals surface area contributed by atoms with Crippen molar-refractivity contribution in [1.29, 1.82) is 0 Å². The Kier molecular flexibility index (Phi) is 9.29. The molecular formula is C57H39N3O. The standard InChI is InChI=1S/C57H39N3O/c1-4-13-39(14-5-1)41-27-30-44(31-28-41)51(43-16-6-2-7-17-43)35-38-23-25-42(26-24-38)47-33-34-49-53(37-47)61-52-22-12-21-50(54(49)52)57-59-55(45-18-8-3-9-19-45)58-56(60-57)48-32-29-40-15-10-11-20-46(40)36-48/h1-34,36-37,51H,35H2. The van der Waals surface area contributed by atoms with Crippen molar-refractivity contribution in [3.8, 4) is 56.4 Å². The van der Waals surface area contributed by atoms with Crippen molar-refractivity contribution in [2.75, 3.05) is 0 Å². The summed E-state index contributed by atoms with van der Waals surface area (Å²) in [4.78, 5) is 15.2. The SMILES string of the molecule is c1ccc(-c2ccc(C(Cc3ccc(-c4ccc5c(c4)oc4cccc(-c6nc(-c7ccccc7)nc(-c7ccc8ccccc8c7)n6)c45)cc3)c3ccccc3)cc2)cc1. The first-order valence-corrected chi connectivity index (χ1v) is 20.8. The molecule has 4 heteroatoms. The minimum absolute atomic E-state index is 0.231. The molecule has 0 radical (unpaired) electrons. The number of hydrogen-bond donors (Lipinski definition) is 0. The summed E-state index contributed by atoms with van der Waals surface area (Å²) in [7, 11) is 0. The van der Waals surface area contributed by atoms with E-state index in [-0.39, 0.29) is 5.92 Å². The summed E-state index contributed by atoms with van der Waals surface area (Å²) in [5, 5.41) is 4.31. The molecule has 4 nitrogen and oxygen atoms in total. The van der Waals surface area contributed by atoms with E-state index >= 15 is 0 Å². The van der Waals surface area contributed by atoms with Gasteiger partial charge in [-0.15, -0.1) is 0 Å². The van der Waals surface area contributed by atoms with Gasteiger partial charge in [0, 0.05) is 33.4 Å². The van der Waals surface area contributed by atoms with Gasteiger partial charge in [0.25, 0.3) is 0 Å². The zero-order valence-electron chi connectivity index (χ0n) is 33.3. The molecule has 0 saturated heterocycles. The number of furan rings is 1. The molecule has 0 bridgehead atoms. The molecule has 2 aromatic heterocycles. The molecule has 0 N–H and O–H groups in total. The third-order valence-electron chi connectivity index (χ3n) is 11.8. The second-order valence-electron chi connectivity index (χ2n) is 15.6. The molecule has 11 rings (SSSR count). The van der Waals surface area contributed by atoms with Crippen LogP contribution in [0.15, 0.2) is 223 Å². The van der Waals surface area contributed by atoms with Gasteiger partial charge in [0.05, 0.1) is 0 Å². The van der Waals surface area contributed by atoms with Gasteiger partial charge in [0.2, 0.25) is 0 Å². The number of hydrogen-bond acceptors (Lipinski definition) is 4. The molecule has 1 atom stereocenters. The number of rotatable bonds is 9. The van der Waals surface area contributed by atoms with Crippen molar-refractivity contribution in [2.24, 2.45) is 0 Å². The number of fused-ring (bicyclic) bond motifs is 4. The predicted molar refractivity (Wildman–Crippen MR) is 250 cm³/mol. The van der Waals surface area contributed by atoms with Gasteiger partial charge in [-0.25, -0.2) is 15.0 Å². The maximum absolute atomic E-state index is 6.59. The molecule has 61 heavy (non-hydrogen) atoms. The highest BCUT2D eigenvalue weighted by Crippen LogP contribution is 2.39. The Morgan fingerprint density at radius 2 is 0.918 bits per heavy atom. The van der Waals surface area contributed by atoms with E-state index in [2.05, 4.69) is 176 Å². The fraction of sp³-hybridized carbons (Fsp3) is 0.0351. The van der Waals surface area contributed by atoms with Crippen LogP contribution in [0.2, 0.25) is 0 Å². The first kappa shape index (κ1) is 36.2. The lowest BCUT2D eigenvalue weighted by Gasteiger charge is -2.19. The van der Waals surface area contributed by atoms with Crippen molar-refractivity contribution >= 4 is 32.7 Å². The molecule has 0 fully saturated rings. The summed E-state index contributed by atoms with van der Waals surface area (Å²) >= 11 is 0. The highest BCUT2D eigenvalue weighted by atomic mass is 16.3. The summed E-state index contributed by atoms with van der Waals surface area (Å²) in [6, 6.07) is 76.9. The van der Waals surface area contributed by atoms with E-state index < -0.39 is 0 Å². The van der Waals surface area contributed by atoms with E-state index in [4.69, 9.17) is 19.4 Å². The van der Waals surface area contributed by atoms with Crippen molar-refractivity contribution in [3.63, 3.8) is 0 Å². The third kappa shape index (κ3) is 7.15. The van der Waals surface area contributed by atoms with Gasteiger partial charge in [-0.3, -0.25) is 0 Å². The van der Waals surface area contributed by atoms with E-state index in [1.54, 1.807) is 0 Å². The van der Waals surface area contributed by atoms with Crippen LogP contribution in [0.4, 0.5) is 0 Å². The molecule has 0 amide bonds. The zero-order chi connectivity index (χ0) is 40.5. The van der Waals surface area contributed by atoms with Gasteiger partial charge in [-0.05, 0) is 80.4 Å². The van der Waals surface area contributed by atoms with Crippen molar-refractivity contribution in [2.45, 2.75) is 12.3 Å². The normalized spacial score (nSPS) is 11.9. The van der Waals surface area contributed by atoms with Crippen LogP contribution in [0.5, 0.6) is 0 Å². The number of benzene rings is 9. The minimum Gasteiger partial charge on any atom is -0.456 e. The minimum atomic E-state index is 0.231. The monoisotopic (exact) mass is 781 g/mol. The van der Waals surface area contributed by atoms with E-state index in [0.717, 1.165) is 61.6 Å². The van der Waals surface area contributed by atoms with Gasteiger partial charge in [0.15, 0.2) is 17.5 Å². The Morgan fingerprint density at radius 1 is 0.361 bits per heavy atom. The third-order valence-corrected chi connectivity index (χ3v) is 11.8. The van der Waals surface area contributed by atoms with Crippen LogP contribution in [0, 0.1) is 0 Å². The van der Waals surface area contributed by atoms with Crippen molar-refractivity contribution in [1.82, 2.24) is 15.0 Å². The van der Waals surface area contributed by atoms with Crippen molar-refractivity contribution < 1.29 is 4.42 Å². The lowest BCUT2D eigenvalue weighted by atomic mass is 9.85. The van der Waals surface area contributed by atoms with Crippen LogP contribution in [0.1, 0.15) is 22.6 Å². The van der Waals surface area contributed by atoms with Gasteiger partial charge < -0.3 is 4.42 Å². The maximum atomic E-state index is 6.59. The Morgan fingerprint density at radius 3 is 1.67 bits per heavy atom. The zero-order valence-corrected chi connectivity index (χ0v) is 33.3. The second-order valence-corrected chi connectivity index (χ2v) is 15.6. The topological polar surface area (TPSA) is 51.8 Å². The van der Waals surface area contributed by atoms with Crippen molar-refractivity contribution in [3.05, 3.63) is 235 Å². The molecule has 0 saturated carbocycles. The summed E-state index contributed by atoms with van der Waals surface area (Å²) in [5.41, 5.74) is 13.0. The molecule has 0 spiro atoms. The first-order valence-electron chi connectivity index (χ1n) is 20.8. The number of nitrogens with zero attached hydrogens (tertiary/aromatic N) is 3. The van der Waals surface area contributed by atoms with Gasteiger partial charge >= 0.3 is 0 Å². The highest BCUT2D eigenvalue weighted by Gasteiger charge is 2.19. The molecule has 11 aromatic rings. The van der Waals surface area contributed by atoms with Crippen LogP contribution >= 0.6 is 0 Å². The van der Waals surface area contributed by atoms with Gasteiger partial charge in [0.1, 0.15) is 11.2 Å². The molecular weight excluding hydrogens is 743 g/mol. The van der Waals surface area contributed by atoms with Crippen LogP contribution in [0.3, 0.4) is 0 Å². The summed E-state index contributed by atoms with van der Waals surface area (Å²) in [5.74, 6) is 2.09. The van der Waals surface area contributed by atoms with E-state index in [0.29, 0.717) is 17.5 Å². The quantitative estimate of drug-likeness (QED) is 0.146. The van der Waals surface area contributed by atoms with E-state index in [1.807, 2.05) is 42.5 Å². The Bertz CT molecular complexity index is 3310. The maximum Gasteiger partial charge on any atom is 0.164 e. The molecule has 0 aliphatic heterocycles. The Balaban J connectivity index is 0.923. The van der Waals surface area contributed by atoms with Crippen LogP contribution in [-0.4, -0.2) is 15.0 Å². The van der Waals surface area contributed by atoms with Crippen LogP contribution in [-0.2, 0) is 6.42 Å². The fourth-order valence-corrected chi connectivity index (χ4v) is 8.58. The van der Waals surface area contributed by atoms with E-state index in [1.165, 1.54) is 33.2 Å². The molecule has 2 heterocycles. The second kappa shape index (κ2) is 15.7. The summed E-state index contributed by atoms with van der Waals surface area (Å²) in [6.07, 6.45) is 0.895. The van der Waals surface area contributed by atoms with Gasteiger partial charge in [-0.1, -0.05) is 194 Å². The average molecular weight is 782 g/mol. The molecule has 1 unspecified atom stereocenters. The Labute approximate surface area is 354 Å². The summed E-state index contributed by atoms with van der Waals surface area (Å²) in [6.45, 7) is 0. The number of aromatic nitrogens is 3. The predicted octanol–water partition coefficient (Wildman–Crippen LogP) is 14.6. The Hall–Kier alpha value is -7.95. The molecule has 0 aliphatic rings. The lowest BCUT2D eigenvalue weighted by molar-refractivity contribution is 0.669. The van der Waals surface area contributed by atoms with Gasteiger partial charge in [-0.2, -0.15) is 0 Å². The fourth-order valence-electron chi connectivity index (χ4n) is 8.58.